The van der Waals surface area contributed by atoms with Gasteiger partial charge in [-0.2, -0.15) is 18.4 Å². The zero-order chi connectivity index (χ0) is 13.1. The lowest BCUT2D eigenvalue weighted by Crippen LogP contribution is -2.30. The van der Waals surface area contributed by atoms with Crippen LogP contribution in [0.4, 0.5) is 18.9 Å². The third-order valence-corrected chi connectivity index (χ3v) is 2.13. The van der Waals surface area contributed by atoms with E-state index in [0.29, 0.717) is 5.56 Å². The number of hydrogen-bond acceptors (Lipinski definition) is 2. The molecule has 1 rings (SSSR count). The van der Waals surface area contributed by atoms with Gasteiger partial charge in [-0.25, -0.2) is 0 Å². The number of nitrogens with one attached hydrogen (secondary N) is 1. The molecule has 1 N–H and O–H groups in total. The highest BCUT2D eigenvalue weighted by Gasteiger charge is 2.39. The van der Waals surface area contributed by atoms with Crippen LogP contribution in [-0.2, 0) is 4.79 Å². The van der Waals surface area contributed by atoms with Crippen molar-refractivity contribution in [1.29, 1.82) is 5.26 Å². The van der Waals surface area contributed by atoms with Gasteiger partial charge in [-0.05, 0) is 18.6 Å². The summed E-state index contributed by atoms with van der Waals surface area (Å²) in [5, 5.41) is 10.5. The maximum absolute atomic E-state index is 12.1. The monoisotopic (exact) mass is 242 g/mol. The van der Waals surface area contributed by atoms with E-state index < -0.39 is 18.0 Å². The lowest BCUT2D eigenvalue weighted by molar-refractivity contribution is -0.167. The van der Waals surface area contributed by atoms with Crippen LogP contribution in [0.1, 0.15) is 18.4 Å². The van der Waals surface area contributed by atoms with Crippen molar-refractivity contribution < 1.29 is 18.0 Å². The third-order valence-electron chi connectivity index (χ3n) is 2.13. The summed E-state index contributed by atoms with van der Waals surface area (Å²) in [4.78, 5) is 10.8. The molecule has 0 heterocycles. The molecule has 0 aliphatic rings. The first-order valence-electron chi connectivity index (χ1n) is 4.73. The summed E-state index contributed by atoms with van der Waals surface area (Å²) >= 11 is 0. The maximum Gasteiger partial charge on any atom is 0.471 e. The molecular weight excluding hydrogens is 233 g/mol. The first kappa shape index (κ1) is 13.0. The number of alkyl halides is 3. The summed E-state index contributed by atoms with van der Waals surface area (Å²) < 4.78 is 36.2. The zero-order valence-electron chi connectivity index (χ0n) is 8.88. The molecule has 0 bridgehead atoms. The van der Waals surface area contributed by atoms with Crippen LogP contribution in [0.5, 0.6) is 0 Å². The van der Waals surface area contributed by atoms with Crippen molar-refractivity contribution in [3.8, 4) is 6.07 Å². The summed E-state index contributed by atoms with van der Waals surface area (Å²) in [6.07, 6.45) is -4.94. The van der Waals surface area contributed by atoms with Crippen LogP contribution in [0, 0.1) is 11.3 Å². The number of halogens is 3. The first-order valence-corrected chi connectivity index (χ1v) is 4.73. The molecule has 90 valence electrons. The third kappa shape index (κ3) is 3.21. The van der Waals surface area contributed by atoms with Crippen LogP contribution in [0.15, 0.2) is 24.3 Å². The van der Waals surface area contributed by atoms with E-state index in [2.05, 4.69) is 0 Å². The normalized spacial score (nSPS) is 12.6. The Hall–Kier alpha value is -2.03. The number of rotatable bonds is 2. The highest BCUT2D eigenvalue weighted by atomic mass is 19.4. The van der Waals surface area contributed by atoms with Crippen LogP contribution in [0.2, 0.25) is 0 Å². The molecular formula is C11H9F3N2O. The van der Waals surface area contributed by atoms with E-state index in [0.717, 1.165) is 0 Å². The molecule has 1 unspecified atom stereocenters. The van der Waals surface area contributed by atoms with Crippen molar-refractivity contribution in [1.82, 2.24) is 0 Å². The molecule has 0 spiro atoms. The van der Waals surface area contributed by atoms with Gasteiger partial charge in [0, 0.05) is 5.69 Å². The number of nitrogens with zero attached hydrogens (tertiary/aromatic N) is 1. The fourth-order valence-electron chi connectivity index (χ4n) is 1.25. The Kier molecular flexibility index (Phi) is 3.73. The van der Waals surface area contributed by atoms with Gasteiger partial charge in [0.25, 0.3) is 0 Å². The largest absolute Gasteiger partial charge is 0.471 e. The molecule has 0 saturated heterocycles. The number of carbonyl (C=O) groups excluding carboxylic acids is 1. The highest BCUT2D eigenvalue weighted by molar-refractivity contribution is 5.95. The van der Waals surface area contributed by atoms with Gasteiger partial charge in [0.2, 0.25) is 0 Å². The van der Waals surface area contributed by atoms with E-state index in [-0.39, 0.29) is 5.69 Å². The zero-order valence-corrected chi connectivity index (χ0v) is 8.88. The Bertz CT molecular complexity index is 463. The van der Waals surface area contributed by atoms with Gasteiger partial charge >= 0.3 is 12.1 Å². The molecule has 0 aromatic heterocycles. The number of carbonyl (C=O) groups is 1. The molecule has 6 heteroatoms. The van der Waals surface area contributed by atoms with Crippen molar-refractivity contribution in [2.75, 3.05) is 5.32 Å². The molecule has 3 nitrogen and oxygen atoms in total. The van der Waals surface area contributed by atoms with Crippen LogP contribution in [0.3, 0.4) is 0 Å². The van der Waals surface area contributed by atoms with Crippen molar-refractivity contribution in [3.05, 3.63) is 29.8 Å². The molecule has 0 aliphatic heterocycles. The maximum atomic E-state index is 12.1. The van der Waals surface area contributed by atoms with Gasteiger partial charge in [0.1, 0.15) is 0 Å². The molecule has 17 heavy (non-hydrogen) atoms. The Balaban J connectivity index is 3.00. The predicted octanol–water partition coefficient (Wildman–Crippen LogP) is 2.81. The van der Waals surface area contributed by atoms with Crippen molar-refractivity contribution in [2.45, 2.75) is 19.0 Å². The SMILES string of the molecule is CC(C#N)c1ccccc1NC(=O)C(F)(F)F. The smallest absolute Gasteiger partial charge is 0.318 e. The minimum atomic E-state index is -4.94. The predicted molar refractivity (Wildman–Crippen MR) is 55.2 cm³/mol. The van der Waals surface area contributed by atoms with Crippen LogP contribution >= 0.6 is 0 Å². The van der Waals surface area contributed by atoms with Crippen molar-refractivity contribution in [2.24, 2.45) is 0 Å². The van der Waals surface area contributed by atoms with E-state index in [1.54, 1.807) is 18.3 Å². The van der Waals surface area contributed by atoms with Gasteiger partial charge in [-0.15, -0.1) is 0 Å². The van der Waals surface area contributed by atoms with Crippen LogP contribution in [0.25, 0.3) is 0 Å². The van der Waals surface area contributed by atoms with E-state index >= 15 is 0 Å². The first-order chi connectivity index (χ1) is 7.86. The lowest BCUT2D eigenvalue weighted by Gasteiger charge is -2.13. The van der Waals surface area contributed by atoms with Crippen LogP contribution in [-0.4, -0.2) is 12.1 Å². The molecule has 1 aromatic carbocycles. The average molecular weight is 242 g/mol. The van der Waals surface area contributed by atoms with E-state index in [9.17, 15) is 18.0 Å². The fraction of sp³-hybridized carbons (Fsp3) is 0.273. The minimum absolute atomic E-state index is 0.00359. The van der Waals surface area contributed by atoms with Crippen molar-refractivity contribution >= 4 is 11.6 Å². The number of hydrogen-bond donors (Lipinski definition) is 1. The van der Waals surface area contributed by atoms with Gasteiger partial charge in [-0.3, -0.25) is 4.79 Å². The second-order valence-corrected chi connectivity index (χ2v) is 3.39. The van der Waals surface area contributed by atoms with E-state index in [4.69, 9.17) is 5.26 Å². The Labute approximate surface area is 95.9 Å². The van der Waals surface area contributed by atoms with Crippen LogP contribution < -0.4 is 5.32 Å². The molecule has 1 atom stereocenters. The summed E-state index contributed by atoms with van der Waals surface area (Å²) in [5.41, 5.74) is 0.358. The lowest BCUT2D eigenvalue weighted by atomic mass is 10.0. The summed E-state index contributed by atoms with van der Waals surface area (Å²) in [6.45, 7) is 1.54. The van der Waals surface area contributed by atoms with Gasteiger partial charge in [-0.1, -0.05) is 18.2 Å². The minimum Gasteiger partial charge on any atom is -0.318 e. The van der Waals surface area contributed by atoms with E-state index in [1.165, 1.54) is 18.2 Å². The standard InChI is InChI=1S/C11H9F3N2O/c1-7(6-15)8-4-2-3-5-9(8)16-10(17)11(12,13)14/h2-5,7H,1H3,(H,16,17). The molecule has 1 amide bonds. The Morgan fingerprint density at radius 1 is 1.41 bits per heavy atom. The Morgan fingerprint density at radius 3 is 2.53 bits per heavy atom. The fourth-order valence-corrected chi connectivity index (χ4v) is 1.25. The number of para-hydroxylation sites is 1. The number of benzene rings is 1. The summed E-state index contributed by atoms with van der Waals surface area (Å²) in [7, 11) is 0. The molecule has 0 saturated carbocycles. The summed E-state index contributed by atoms with van der Waals surface area (Å²) in [6, 6.07) is 7.80. The molecule has 0 radical (unpaired) electrons. The number of amides is 1. The topological polar surface area (TPSA) is 52.9 Å². The van der Waals surface area contributed by atoms with E-state index in [1.807, 2.05) is 6.07 Å². The molecule has 0 fully saturated rings. The molecule has 0 aliphatic carbocycles. The second-order valence-electron chi connectivity index (χ2n) is 3.39. The Morgan fingerprint density at radius 2 is 2.00 bits per heavy atom. The second kappa shape index (κ2) is 4.87. The number of nitriles is 1. The van der Waals surface area contributed by atoms with Gasteiger partial charge in [0.05, 0.1) is 12.0 Å². The van der Waals surface area contributed by atoms with Gasteiger partial charge in [0.15, 0.2) is 0 Å². The van der Waals surface area contributed by atoms with Crippen molar-refractivity contribution in [3.63, 3.8) is 0 Å². The molecule has 1 aromatic rings. The number of anilines is 1. The quantitative estimate of drug-likeness (QED) is 0.866. The highest BCUT2D eigenvalue weighted by Crippen LogP contribution is 2.25. The van der Waals surface area contributed by atoms with Gasteiger partial charge < -0.3 is 5.32 Å². The average Bonchev–Trinajstić information content (AvgIpc) is 2.27. The summed E-state index contributed by atoms with van der Waals surface area (Å²) in [5.74, 6) is -2.64.